The summed E-state index contributed by atoms with van der Waals surface area (Å²) in [5.41, 5.74) is 4.82. The van der Waals surface area contributed by atoms with Crippen LogP contribution in [0.2, 0.25) is 0 Å². The van der Waals surface area contributed by atoms with Crippen LogP contribution in [0.3, 0.4) is 0 Å². The minimum atomic E-state index is -0.106. The predicted octanol–water partition coefficient (Wildman–Crippen LogP) is 4.01. The van der Waals surface area contributed by atoms with Crippen LogP contribution in [0.1, 0.15) is 24.5 Å². The molecule has 3 rings (SSSR count). The molecule has 1 aliphatic rings. The van der Waals surface area contributed by atoms with E-state index >= 15 is 0 Å². The number of rotatable bonds is 4. The normalized spacial score (nSPS) is 14.0. The zero-order chi connectivity index (χ0) is 20.1. The highest BCUT2D eigenvalue weighted by atomic mass is 16.2. The quantitative estimate of drug-likeness (QED) is 0.842. The molecule has 2 aromatic carbocycles. The zero-order valence-electron chi connectivity index (χ0n) is 16.8. The molecule has 6 nitrogen and oxygen atoms in total. The summed E-state index contributed by atoms with van der Waals surface area (Å²) in [6.07, 6.45) is 0.417. The molecule has 3 amide bonds. The van der Waals surface area contributed by atoms with E-state index in [0.29, 0.717) is 25.2 Å². The molecule has 6 heteroatoms. The summed E-state index contributed by atoms with van der Waals surface area (Å²) in [4.78, 5) is 28.5. The first-order valence-corrected chi connectivity index (χ1v) is 9.74. The lowest BCUT2D eigenvalue weighted by Gasteiger charge is -2.36. The smallest absolute Gasteiger partial charge is 0.321 e. The SMILES string of the molecule is CCC(=O)Nc1ccc(C)c(NC(=O)N2CCN(c3cccc(C)c3)CC2)c1. The maximum Gasteiger partial charge on any atom is 0.321 e. The Bertz CT molecular complexity index is 857. The lowest BCUT2D eigenvalue weighted by Crippen LogP contribution is -2.50. The van der Waals surface area contributed by atoms with Gasteiger partial charge in [-0.05, 0) is 49.2 Å². The van der Waals surface area contributed by atoms with Crippen molar-refractivity contribution >= 4 is 29.0 Å². The van der Waals surface area contributed by atoms with Gasteiger partial charge in [-0.25, -0.2) is 4.79 Å². The summed E-state index contributed by atoms with van der Waals surface area (Å²) in [5.74, 6) is -0.0478. The Kier molecular flexibility index (Phi) is 6.19. The number of anilines is 3. The van der Waals surface area contributed by atoms with Crippen LogP contribution in [0, 0.1) is 13.8 Å². The Morgan fingerprint density at radius 2 is 1.71 bits per heavy atom. The molecule has 0 aromatic heterocycles. The molecular weight excluding hydrogens is 352 g/mol. The molecule has 0 aliphatic carbocycles. The van der Waals surface area contributed by atoms with Crippen molar-refractivity contribution in [3.05, 3.63) is 53.6 Å². The Balaban J connectivity index is 1.60. The maximum absolute atomic E-state index is 12.7. The zero-order valence-corrected chi connectivity index (χ0v) is 16.8. The van der Waals surface area contributed by atoms with Crippen molar-refractivity contribution in [2.24, 2.45) is 0 Å². The van der Waals surface area contributed by atoms with Crippen LogP contribution in [0.25, 0.3) is 0 Å². The van der Waals surface area contributed by atoms with E-state index in [1.165, 1.54) is 11.3 Å². The van der Waals surface area contributed by atoms with Crippen molar-refractivity contribution in [3.8, 4) is 0 Å². The van der Waals surface area contributed by atoms with Gasteiger partial charge in [0.15, 0.2) is 0 Å². The van der Waals surface area contributed by atoms with Gasteiger partial charge in [-0.1, -0.05) is 25.1 Å². The van der Waals surface area contributed by atoms with E-state index in [9.17, 15) is 9.59 Å². The van der Waals surface area contributed by atoms with Gasteiger partial charge in [0.25, 0.3) is 0 Å². The van der Waals surface area contributed by atoms with E-state index in [0.717, 1.165) is 24.3 Å². The van der Waals surface area contributed by atoms with Crippen molar-refractivity contribution in [2.75, 3.05) is 41.7 Å². The Hall–Kier alpha value is -3.02. The molecule has 0 saturated carbocycles. The fourth-order valence-electron chi connectivity index (χ4n) is 3.27. The highest BCUT2D eigenvalue weighted by Gasteiger charge is 2.22. The van der Waals surface area contributed by atoms with Gasteiger partial charge in [0.2, 0.25) is 5.91 Å². The lowest BCUT2D eigenvalue weighted by molar-refractivity contribution is -0.115. The Morgan fingerprint density at radius 3 is 2.39 bits per heavy atom. The van der Waals surface area contributed by atoms with Gasteiger partial charge in [0.1, 0.15) is 0 Å². The molecule has 2 N–H and O–H groups in total. The largest absolute Gasteiger partial charge is 0.368 e. The summed E-state index contributed by atoms with van der Waals surface area (Å²) in [6, 6.07) is 13.9. The van der Waals surface area contributed by atoms with Crippen LogP contribution in [-0.4, -0.2) is 43.0 Å². The number of hydrogen-bond donors (Lipinski definition) is 2. The molecule has 1 aliphatic heterocycles. The van der Waals surface area contributed by atoms with Crippen LogP contribution in [0.5, 0.6) is 0 Å². The molecule has 1 heterocycles. The van der Waals surface area contributed by atoms with Gasteiger partial charge in [0.05, 0.1) is 0 Å². The standard InChI is InChI=1S/C22H28N4O2/c1-4-21(27)23-18-9-8-17(3)20(15-18)24-22(28)26-12-10-25(11-13-26)19-7-5-6-16(2)14-19/h5-9,14-15H,4,10-13H2,1-3H3,(H,23,27)(H,24,28). The van der Waals surface area contributed by atoms with E-state index in [1.807, 2.05) is 36.9 Å². The van der Waals surface area contributed by atoms with Gasteiger partial charge in [0, 0.05) is 49.7 Å². The molecule has 0 atom stereocenters. The van der Waals surface area contributed by atoms with Crippen molar-refractivity contribution in [1.29, 1.82) is 0 Å². The van der Waals surface area contributed by atoms with Crippen LogP contribution in [0.4, 0.5) is 21.9 Å². The number of carbonyl (C=O) groups excluding carboxylic acids is 2. The number of aryl methyl sites for hydroxylation is 2. The third-order valence-corrected chi connectivity index (χ3v) is 5.02. The van der Waals surface area contributed by atoms with E-state index in [1.54, 1.807) is 0 Å². The number of hydrogen-bond acceptors (Lipinski definition) is 3. The summed E-state index contributed by atoms with van der Waals surface area (Å²) in [7, 11) is 0. The second kappa shape index (κ2) is 8.78. The van der Waals surface area contributed by atoms with E-state index < -0.39 is 0 Å². The number of piperazine rings is 1. The molecule has 148 valence electrons. The number of benzene rings is 2. The highest BCUT2D eigenvalue weighted by Crippen LogP contribution is 2.22. The van der Waals surface area contributed by atoms with Crippen molar-refractivity contribution < 1.29 is 9.59 Å². The van der Waals surface area contributed by atoms with E-state index in [4.69, 9.17) is 0 Å². The average Bonchev–Trinajstić information content (AvgIpc) is 2.70. The van der Waals surface area contributed by atoms with Crippen LogP contribution in [0.15, 0.2) is 42.5 Å². The van der Waals surface area contributed by atoms with Gasteiger partial charge < -0.3 is 20.4 Å². The number of nitrogens with zero attached hydrogens (tertiary/aromatic N) is 2. The molecule has 2 aromatic rings. The minimum absolute atomic E-state index is 0.0478. The second-order valence-electron chi connectivity index (χ2n) is 7.17. The van der Waals surface area contributed by atoms with Gasteiger partial charge in [-0.15, -0.1) is 0 Å². The molecule has 0 spiro atoms. The molecule has 0 radical (unpaired) electrons. The molecule has 1 fully saturated rings. The van der Waals surface area contributed by atoms with Crippen molar-refractivity contribution in [3.63, 3.8) is 0 Å². The minimum Gasteiger partial charge on any atom is -0.368 e. The molecule has 0 bridgehead atoms. The van der Waals surface area contributed by atoms with Crippen LogP contribution < -0.4 is 15.5 Å². The summed E-state index contributed by atoms with van der Waals surface area (Å²) in [5, 5.41) is 5.82. The molecular formula is C22H28N4O2. The van der Waals surface area contributed by atoms with Gasteiger partial charge >= 0.3 is 6.03 Å². The van der Waals surface area contributed by atoms with Crippen LogP contribution >= 0.6 is 0 Å². The van der Waals surface area contributed by atoms with Crippen molar-refractivity contribution in [2.45, 2.75) is 27.2 Å². The fraction of sp³-hybridized carbons (Fsp3) is 0.364. The third-order valence-electron chi connectivity index (χ3n) is 5.02. The van der Waals surface area contributed by atoms with Gasteiger partial charge in [-0.3, -0.25) is 4.79 Å². The monoisotopic (exact) mass is 380 g/mol. The second-order valence-corrected chi connectivity index (χ2v) is 7.17. The van der Waals surface area contributed by atoms with Crippen LogP contribution in [-0.2, 0) is 4.79 Å². The maximum atomic E-state index is 12.7. The number of amides is 3. The number of carbonyl (C=O) groups is 2. The van der Waals surface area contributed by atoms with Gasteiger partial charge in [-0.2, -0.15) is 0 Å². The van der Waals surface area contributed by atoms with E-state index in [2.05, 4.69) is 46.7 Å². The molecule has 28 heavy (non-hydrogen) atoms. The fourth-order valence-corrected chi connectivity index (χ4v) is 3.27. The van der Waals surface area contributed by atoms with E-state index in [-0.39, 0.29) is 11.9 Å². The molecule has 0 unspecified atom stereocenters. The first-order valence-electron chi connectivity index (χ1n) is 9.74. The lowest BCUT2D eigenvalue weighted by atomic mass is 10.1. The third kappa shape index (κ3) is 4.82. The predicted molar refractivity (Wildman–Crippen MR) is 114 cm³/mol. The topological polar surface area (TPSA) is 64.7 Å². The Labute approximate surface area is 166 Å². The molecule has 1 saturated heterocycles. The first-order chi connectivity index (χ1) is 13.5. The summed E-state index contributed by atoms with van der Waals surface area (Å²) < 4.78 is 0. The summed E-state index contributed by atoms with van der Waals surface area (Å²) in [6.45, 7) is 8.80. The summed E-state index contributed by atoms with van der Waals surface area (Å²) >= 11 is 0. The first kappa shape index (κ1) is 19.7. The highest BCUT2D eigenvalue weighted by molar-refractivity contribution is 5.94. The number of nitrogens with one attached hydrogen (secondary N) is 2. The average molecular weight is 380 g/mol. The van der Waals surface area contributed by atoms with Crippen molar-refractivity contribution in [1.82, 2.24) is 4.90 Å². The Morgan fingerprint density at radius 1 is 0.964 bits per heavy atom. The number of urea groups is 1.